The third-order valence-corrected chi connectivity index (χ3v) is 1.36. The molecule has 0 aromatic carbocycles. The summed E-state index contributed by atoms with van der Waals surface area (Å²) in [6, 6.07) is 0. The quantitative estimate of drug-likeness (QED) is 0.326. The Morgan fingerprint density at radius 3 is 2.23 bits per heavy atom. The van der Waals surface area contributed by atoms with Crippen LogP contribution in [0.3, 0.4) is 0 Å². The molecule has 0 aliphatic carbocycles. The van der Waals surface area contributed by atoms with Crippen molar-refractivity contribution in [3.63, 3.8) is 0 Å². The highest BCUT2D eigenvalue weighted by atomic mass is 16.5. The molecule has 0 radical (unpaired) electrons. The van der Waals surface area contributed by atoms with Gasteiger partial charge in [-0.15, -0.1) is 0 Å². The van der Waals surface area contributed by atoms with Crippen molar-refractivity contribution in [3.05, 3.63) is 0 Å². The molecule has 0 saturated carbocycles. The molecule has 13 heavy (non-hydrogen) atoms. The number of ketones is 2. The lowest BCUT2D eigenvalue weighted by atomic mass is 10.1. The minimum atomic E-state index is -0.981. The summed E-state index contributed by atoms with van der Waals surface area (Å²) in [7, 11) is 2.55. The van der Waals surface area contributed by atoms with Gasteiger partial charge in [0.25, 0.3) is 0 Å². The molecule has 0 N–H and O–H groups in total. The molecule has 0 bridgehead atoms. The van der Waals surface area contributed by atoms with E-state index >= 15 is 0 Å². The van der Waals surface area contributed by atoms with Crippen LogP contribution >= 0.6 is 0 Å². The van der Waals surface area contributed by atoms with Gasteiger partial charge in [-0.2, -0.15) is 0 Å². The third-order valence-electron chi connectivity index (χ3n) is 1.36. The lowest BCUT2D eigenvalue weighted by Crippen LogP contribution is -2.19. The van der Waals surface area contributed by atoms with Crippen LogP contribution in [0.15, 0.2) is 0 Å². The zero-order chi connectivity index (χ0) is 10.3. The summed E-state index contributed by atoms with van der Waals surface area (Å²) >= 11 is 0. The van der Waals surface area contributed by atoms with Crippen LogP contribution in [-0.2, 0) is 23.9 Å². The standard InChI is InChI=1S/C8H12O5/c1-12-4-3-6(9)5-7(10)8(11)13-2/h3-5H2,1-2H3. The van der Waals surface area contributed by atoms with Crippen LogP contribution in [0, 0.1) is 0 Å². The summed E-state index contributed by atoms with van der Waals surface area (Å²) in [6.07, 6.45) is -0.269. The molecule has 0 aromatic rings. The van der Waals surface area contributed by atoms with Crippen molar-refractivity contribution in [2.24, 2.45) is 0 Å². The van der Waals surface area contributed by atoms with Gasteiger partial charge in [-0.05, 0) is 0 Å². The van der Waals surface area contributed by atoms with Gasteiger partial charge in [-0.3, -0.25) is 9.59 Å². The van der Waals surface area contributed by atoms with E-state index in [4.69, 9.17) is 0 Å². The smallest absolute Gasteiger partial charge is 0.374 e. The molecular formula is C8H12O5. The average molecular weight is 188 g/mol. The minimum absolute atomic E-state index is 0.138. The van der Waals surface area contributed by atoms with Crippen LogP contribution in [0.4, 0.5) is 0 Å². The van der Waals surface area contributed by atoms with Crippen molar-refractivity contribution in [3.8, 4) is 0 Å². The van der Waals surface area contributed by atoms with E-state index in [9.17, 15) is 14.4 Å². The molecule has 0 amide bonds. The normalized spacial score (nSPS) is 9.38. The summed E-state index contributed by atoms with van der Waals surface area (Å²) in [6.45, 7) is 0.257. The Morgan fingerprint density at radius 1 is 1.15 bits per heavy atom. The Bertz CT molecular complexity index is 209. The number of carbonyl (C=O) groups excluding carboxylic acids is 3. The fraction of sp³-hybridized carbons (Fsp3) is 0.625. The Balaban J connectivity index is 3.78. The molecule has 0 heterocycles. The van der Waals surface area contributed by atoms with Gasteiger partial charge in [0, 0.05) is 13.5 Å². The lowest BCUT2D eigenvalue weighted by molar-refractivity contribution is -0.152. The van der Waals surface area contributed by atoms with Crippen molar-refractivity contribution >= 4 is 17.5 Å². The maximum Gasteiger partial charge on any atom is 0.374 e. The summed E-state index contributed by atoms with van der Waals surface area (Å²) < 4.78 is 8.78. The van der Waals surface area contributed by atoms with E-state index in [1.165, 1.54) is 7.11 Å². The number of Topliss-reactive ketones (excluding diaryl/α,β-unsaturated/α-hetero) is 2. The first kappa shape index (κ1) is 11.8. The lowest BCUT2D eigenvalue weighted by Gasteiger charge is -1.98. The minimum Gasteiger partial charge on any atom is -0.463 e. The largest absolute Gasteiger partial charge is 0.463 e. The van der Waals surface area contributed by atoms with Gasteiger partial charge >= 0.3 is 5.97 Å². The van der Waals surface area contributed by atoms with E-state index in [2.05, 4.69) is 9.47 Å². The van der Waals surface area contributed by atoms with Crippen molar-refractivity contribution in [2.45, 2.75) is 12.8 Å². The SMILES string of the molecule is COCCC(=O)CC(=O)C(=O)OC. The second-order valence-electron chi connectivity index (χ2n) is 2.37. The van der Waals surface area contributed by atoms with Gasteiger partial charge in [0.15, 0.2) is 0 Å². The number of hydrogen-bond donors (Lipinski definition) is 0. The Hall–Kier alpha value is -1.23. The number of ether oxygens (including phenoxy) is 2. The van der Waals surface area contributed by atoms with Crippen LogP contribution in [0.2, 0.25) is 0 Å². The Labute approximate surface area is 76.0 Å². The first-order valence-electron chi connectivity index (χ1n) is 3.73. The summed E-state index contributed by atoms with van der Waals surface area (Å²) in [4.78, 5) is 32.3. The van der Waals surface area contributed by atoms with Gasteiger partial charge < -0.3 is 9.47 Å². The number of carbonyl (C=O) groups is 3. The van der Waals surface area contributed by atoms with Gasteiger partial charge in [0.05, 0.1) is 20.1 Å². The van der Waals surface area contributed by atoms with E-state index in [-0.39, 0.29) is 18.8 Å². The zero-order valence-corrected chi connectivity index (χ0v) is 7.66. The van der Waals surface area contributed by atoms with Crippen LogP contribution in [0.1, 0.15) is 12.8 Å². The van der Waals surface area contributed by atoms with Crippen LogP contribution in [0.5, 0.6) is 0 Å². The molecule has 0 aliphatic heterocycles. The molecule has 0 saturated heterocycles. The summed E-state index contributed by atoms with van der Waals surface area (Å²) in [5.41, 5.74) is 0. The van der Waals surface area contributed by atoms with Crippen LogP contribution < -0.4 is 0 Å². The molecular weight excluding hydrogens is 176 g/mol. The molecule has 74 valence electrons. The fourth-order valence-electron chi connectivity index (χ4n) is 0.669. The summed E-state index contributed by atoms with van der Waals surface area (Å²) in [5, 5.41) is 0. The van der Waals surface area contributed by atoms with Crippen molar-refractivity contribution in [2.75, 3.05) is 20.8 Å². The number of methoxy groups -OCH3 is 2. The highest BCUT2D eigenvalue weighted by Crippen LogP contribution is 1.93. The van der Waals surface area contributed by atoms with Crippen LogP contribution in [0.25, 0.3) is 0 Å². The predicted molar refractivity (Wildman–Crippen MR) is 43.1 cm³/mol. The number of rotatable bonds is 6. The Kier molecular flexibility index (Phi) is 5.71. The van der Waals surface area contributed by atoms with Crippen LogP contribution in [-0.4, -0.2) is 38.4 Å². The summed E-state index contributed by atoms with van der Waals surface area (Å²) in [5.74, 6) is -2.12. The second kappa shape index (κ2) is 6.30. The first-order chi connectivity index (χ1) is 6.11. The van der Waals surface area contributed by atoms with E-state index in [0.29, 0.717) is 0 Å². The van der Waals surface area contributed by atoms with Crippen molar-refractivity contribution < 1.29 is 23.9 Å². The third kappa shape index (κ3) is 5.08. The van der Waals surface area contributed by atoms with Gasteiger partial charge in [-0.25, -0.2) is 4.79 Å². The van der Waals surface area contributed by atoms with E-state index in [0.717, 1.165) is 7.11 Å². The maximum absolute atomic E-state index is 10.9. The van der Waals surface area contributed by atoms with Gasteiger partial charge in [0.1, 0.15) is 5.78 Å². The molecule has 0 fully saturated rings. The molecule has 0 aliphatic rings. The fourth-order valence-corrected chi connectivity index (χ4v) is 0.669. The second-order valence-corrected chi connectivity index (χ2v) is 2.37. The highest BCUT2D eigenvalue weighted by Gasteiger charge is 2.17. The molecule has 5 nitrogen and oxygen atoms in total. The van der Waals surface area contributed by atoms with Crippen molar-refractivity contribution in [1.29, 1.82) is 0 Å². The molecule has 0 atom stereocenters. The topological polar surface area (TPSA) is 69.7 Å². The molecule has 0 rings (SSSR count). The Morgan fingerprint density at radius 2 is 1.77 bits per heavy atom. The predicted octanol–water partition coefficient (Wildman–Crippen LogP) is -0.276. The number of hydrogen-bond acceptors (Lipinski definition) is 5. The van der Waals surface area contributed by atoms with E-state index in [1.807, 2.05) is 0 Å². The van der Waals surface area contributed by atoms with Gasteiger partial charge in [-0.1, -0.05) is 0 Å². The van der Waals surface area contributed by atoms with E-state index in [1.54, 1.807) is 0 Å². The van der Waals surface area contributed by atoms with Crippen molar-refractivity contribution in [1.82, 2.24) is 0 Å². The van der Waals surface area contributed by atoms with E-state index < -0.39 is 18.2 Å². The number of esters is 1. The molecule has 0 aromatic heterocycles. The van der Waals surface area contributed by atoms with Gasteiger partial charge in [0.2, 0.25) is 5.78 Å². The maximum atomic E-state index is 10.9. The molecule has 0 unspecified atom stereocenters. The monoisotopic (exact) mass is 188 g/mol. The highest BCUT2D eigenvalue weighted by molar-refractivity contribution is 6.37. The average Bonchev–Trinajstić information content (AvgIpc) is 2.13. The molecule has 5 heteroatoms. The molecule has 0 spiro atoms. The first-order valence-corrected chi connectivity index (χ1v) is 3.73. The zero-order valence-electron chi connectivity index (χ0n) is 7.66.